The highest BCUT2D eigenvalue weighted by atomic mass is 31.2. The van der Waals surface area contributed by atoms with Gasteiger partial charge in [0.15, 0.2) is 12.2 Å². The Bertz CT molecular complexity index is 271. The van der Waals surface area contributed by atoms with Gasteiger partial charge in [-0.05, 0) is 0 Å². The number of aliphatic hydroxyl groups excluding tert-OH is 2. The largest absolute Gasteiger partial charge is 0.469 e. The van der Waals surface area contributed by atoms with Crippen LogP contribution in [0.1, 0.15) is 0 Å². The van der Waals surface area contributed by atoms with Crippen LogP contribution in [-0.2, 0) is 18.6 Å². The molecule has 1 saturated heterocycles. The van der Waals surface area contributed by atoms with Crippen molar-refractivity contribution in [2.24, 2.45) is 0 Å². The second-order valence-electron chi connectivity index (χ2n) is 2.70. The van der Waals surface area contributed by atoms with Crippen molar-refractivity contribution < 1.29 is 38.6 Å². The molecule has 0 saturated carbocycles. The molecule has 14 heavy (non-hydrogen) atoms. The predicted octanol–water partition coefficient (Wildman–Crippen LogP) is -2.26. The van der Waals surface area contributed by atoms with E-state index in [2.05, 4.69) is 9.26 Å². The van der Waals surface area contributed by atoms with Gasteiger partial charge in [-0.25, -0.2) is 9.36 Å². The average molecular weight is 228 g/mol. The number of esters is 1. The molecule has 1 rings (SSSR count). The van der Waals surface area contributed by atoms with Gasteiger partial charge in [-0.3, -0.25) is 4.52 Å². The molecule has 9 heteroatoms. The van der Waals surface area contributed by atoms with Crippen molar-refractivity contribution in [1.29, 1.82) is 0 Å². The van der Waals surface area contributed by atoms with Gasteiger partial charge in [0.2, 0.25) is 0 Å². The fourth-order valence-corrected chi connectivity index (χ4v) is 1.28. The summed E-state index contributed by atoms with van der Waals surface area (Å²) in [6.07, 6.45) is -4.49. The molecule has 0 aromatic heterocycles. The van der Waals surface area contributed by atoms with Crippen molar-refractivity contribution in [2.75, 3.05) is 6.61 Å². The van der Waals surface area contributed by atoms with Gasteiger partial charge >= 0.3 is 13.8 Å². The number of rotatable bonds is 3. The summed E-state index contributed by atoms with van der Waals surface area (Å²) in [6, 6.07) is 0. The molecule has 0 unspecified atom stereocenters. The van der Waals surface area contributed by atoms with Crippen LogP contribution in [0.4, 0.5) is 0 Å². The average Bonchev–Trinajstić information content (AvgIpc) is 2.28. The maximum Gasteiger partial charge on any atom is 0.469 e. The lowest BCUT2D eigenvalue weighted by Crippen LogP contribution is -2.33. The topological polar surface area (TPSA) is 134 Å². The smallest absolute Gasteiger partial charge is 0.455 e. The molecule has 1 aliphatic heterocycles. The number of aliphatic hydroxyl groups is 2. The van der Waals surface area contributed by atoms with Gasteiger partial charge in [-0.15, -0.1) is 0 Å². The molecule has 1 fully saturated rings. The lowest BCUT2D eigenvalue weighted by atomic mass is 10.1. The monoisotopic (exact) mass is 228 g/mol. The van der Waals surface area contributed by atoms with Gasteiger partial charge in [0.05, 0.1) is 6.61 Å². The predicted molar refractivity (Wildman–Crippen MR) is 39.9 cm³/mol. The second-order valence-corrected chi connectivity index (χ2v) is 3.94. The molecule has 0 spiro atoms. The van der Waals surface area contributed by atoms with Crippen LogP contribution in [0.15, 0.2) is 0 Å². The van der Waals surface area contributed by atoms with E-state index in [4.69, 9.17) is 20.0 Å². The first-order valence-corrected chi connectivity index (χ1v) is 5.11. The van der Waals surface area contributed by atoms with E-state index in [-0.39, 0.29) is 0 Å². The minimum absolute atomic E-state index is 0.672. The summed E-state index contributed by atoms with van der Waals surface area (Å²) in [5.41, 5.74) is 0. The standard InChI is InChI=1S/C5H9O8P/c6-3-2(1-12-14(9,10)11)13-5(8)4(3)7/h2-4,6-7H,1H2,(H2,9,10,11)/t2-,3-,4-/m1/s1. The third-order valence-corrected chi connectivity index (χ3v) is 2.11. The number of phosphoric ester groups is 1. The zero-order valence-corrected chi connectivity index (χ0v) is 7.70. The number of cyclic esters (lactones) is 1. The zero-order valence-electron chi connectivity index (χ0n) is 6.81. The highest BCUT2D eigenvalue weighted by Gasteiger charge is 2.43. The summed E-state index contributed by atoms with van der Waals surface area (Å²) in [7, 11) is -4.67. The van der Waals surface area contributed by atoms with Gasteiger partial charge in [0.25, 0.3) is 0 Å². The van der Waals surface area contributed by atoms with Gasteiger partial charge in [0, 0.05) is 0 Å². The van der Waals surface area contributed by atoms with Gasteiger partial charge in [-0.1, -0.05) is 0 Å². The molecule has 1 aliphatic rings. The van der Waals surface area contributed by atoms with Crippen molar-refractivity contribution in [2.45, 2.75) is 18.3 Å². The van der Waals surface area contributed by atoms with Crippen molar-refractivity contribution in [3.8, 4) is 0 Å². The Morgan fingerprint density at radius 3 is 2.36 bits per heavy atom. The van der Waals surface area contributed by atoms with Crippen molar-refractivity contribution in [1.82, 2.24) is 0 Å². The Kier molecular flexibility index (Phi) is 3.25. The lowest BCUT2D eigenvalue weighted by molar-refractivity contribution is -0.148. The number of hydrogen-bond donors (Lipinski definition) is 4. The van der Waals surface area contributed by atoms with Crippen molar-refractivity contribution in [3.05, 3.63) is 0 Å². The molecule has 0 aromatic carbocycles. The quantitative estimate of drug-likeness (QED) is 0.314. The molecule has 1 heterocycles. The third kappa shape index (κ3) is 2.74. The van der Waals surface area contributed by atoms with Gasteiger partial charge < -0.3 is 24.7 Å². The van der Waals surface area contributed by atoms with E-state index < -0.39 is 38.7 Å². The highest BCUT2D eigenvalue weighted by molar-refractivity contribution is 7.46. The Labute approximate surface area is 78.3 Å². The van der Waals surface area contributed by atoms with Crippen LogP contribution in [0.3, 0.4) is 0 Å². The Hall–Kier alpha value is -0.500. The first-order chi connectivity index (χ1) is 6.31. The van der Waals surface area contributed by atoms with Crippen LogP contribution < -0.4 is 0 Å². The summed E-state index contributed by atoms with van der Waals surface area (Å²) in [4.78, 5) is 27.2. The molecular formula is C5H9O8P. The summed E-state index contributed by atoms with van der Waals surface area (Å²) in [6.45, 7) is -0.672. The maximum absolute atomic E-state index is 10.6. The lowest BCUT2D eigenvalue weighted by Gasteiger charge is -2.13. The van der Waals surface area contributed by atoms with Crippen LogP contribution in [0.2, 0.25) is 0 Å². The first kappa shape index (κ1) is 11.6. The van der Waals surface area contributed by atoms with Crippen molar-refractivity contribution >= 4 is 13.8 Å². The molecule has 4 N–H and O–H groups in total. The first-order valence-electron chi connectivity index (χ1n) is 3.58. The Morgan fingerprint density at radius 1 is 1.43 bits per heavy atom. The molecular weight excluding hydrogens is 219 g/mol. The highest BCUT2D eigenvalue weighted by Crippen LogP contribution is 2.36. The van der Waals surface area contributed by atoms with E-state index >= 15 is 0 Å². The van der Waals surface area contributed by atoms with Crippen LogP contribution in [0, 0.1) is 0 Å². The summed E-state index contributed by atoms with van der Waals surface area (Å²) in [5, 5.41) is 18.0. The van der Waals surface area contributed by atoms with E-state index in [0.29, 0.717) is 0 Å². The zero-order chi connectivity index (χ0) is 10.9. The van der Waals surface area contributed by atoms with Crippen LogP contribution in [-0.4, -0.2) is 50.9 Å². The molecule has 82 valence electrons. The molecule has 3 atom stereocenters. The third-order valence-electron chi connectivity index (χ3n) is 1.62. The van der Waals surface area contributed by atoms with Crippen molar-refractivity contribution in [3.63, 3.8) is 0 Å². The van der Waals surface area contributed by atoms with E-state index in [1.807, 2.05) is 0 Å². The van der Waals surface area contributed by atoms with Gasteiger partial charge in [0.1, 0.15) is 6.10 Å². The van der Waals surface area contributed by atoms with E-state index in [1.165, 1.54) is 0 Å². The van der Waals surface area contributed by atoms with E-state index in [9.17, 15) is 9.36 Å². The van der Waals surface area contributed by atoms with E-state index in [0.717, 1.165) is 0 Å². The summed E-state index contributed by atoms with van der Waals surface area (Å²) < 4.78 is 18.6. The normalized spacial score (nSPS) is 33.1. The SMILES string of the molecule is O=C1O[C@H](COP(=O)(O)O)[C@@H](O)[C@H]1O. The molecule has 0 aliphatic carbocycles. The number of ether oxygens (including phenoxy) is 1. The molecule has 8 nitrogen and oxygen atoms in total. The van der Waals surface area contributed by atoms with E-state index in [1.54, 1.807) is 0 Å². The maximum atomic E-state index is 10.6. The molecule has 0 amide bonds. The fourth-order valence-electron chi connectivity index (χ4n) is 0.935. The fraction of sp³-hybridized carbons (Fsp3) is 0.800. The van der Waals surface area contributed by atoms with Gasteiger partial charge in [-0.2, -0.15) is 0 Å². The molecule has 0 radical (unpaired) electrons. The molecule has 0 aromatic rings. The Morgan fingerprint density at radius 2 is 2.00 bits per heavy atom. The Balaban J connectivity index is 2.48. The number of hydrogen-bond acceptors (Lipinski definition) is 6. The second kappa shape index (κ2) is 3.93. The number of carbonyl (C=O) groups is 1. The number of carbonyl (C=O) groups excluding carboxylic acids is 1. The van der Waals surface area contributed by atoms with Crippen LogP contribution in [0.5, 0.6) is 0 Å². The summed E-state index contributed by atoms with van der Waals surface area (Å²) in [5.74, 6) is -1.04. The minimum Gasteiger partial charge on any atom is -0.455 e. The number of phosphoric acid groups is 1. The van der Waals surface area contributed by atoms with Crippen LogP contribution >= 0.6 is 7.82 Å². The minimum atomic E-state index is -4.67. The molecule has 0 bridgehead atoms. The summed E-state index contributed by atoms with van der Waals surface area (Å²) >= 11 is 0. The van der Waals surface area contributed by atoms with Crippen LogP contribution in [0.25, 0.3) is 0 Å².